The largest absolute Gasteiger partial charge is 0.508 e. The van der Waals surface area contributed by atoms with Gasteiger partial charge in [0.05, 0.1) is 5.33 Å². The van der Waals surface area contributed by atoms with E-state index < -0.39 is 0 Å². The number of hydrogen-bond acceptors (Lipinski definition) is 3. The van der Waals surface area contributed by atoms with E-state index in [9.17, 15) is 9.90 Å². The predicted octanol–water partition coefficient (Wildman–Crippen LogP) is 1.48. The van der Waals surface area contributed by atoms with Gasteiger partial charge in [-0.1, -0.05) is 15.9 Å². The number of phenolic OH excluding ortho intramolecular Hbond substituents is 1. The summed E-state index contributed by atoms with van der Waals surface area (Å²) in [6, 6.07) is 4.67. The number of carbonyl (C=O) groups excluding carboxylic acids is 1. The number of alkyl halides is 1. The normalized spacial score (nSPS) is 9.92. The fourth-order valence-electron chi connectivity index (χ4n) is 1.08. The Labute approximate surface area is 84.7 Å². The molecule has 0 atom stereocenters. The summed E-state index contributed by atoms with van der Waals surface area (Å²) < 4.78 is 0. The van der Waals surface area contributed by atoms with Gasteiger partial charge in [-0.2, -0.15) is 0 Å². The minimum atomic E-state index is 0.0602. The molecule has 0 spiro atoms. The molecule has 1 aromatic rings. The van der Waals surface area contributed by atoms with Crippen molar-refractivity contribution >= 4 is 27.4 Å². The van der Waals surface area contributed by atoms with Gasteiger partial charge in [-0.3, -0.25) is 4.79 Å². The quantitative estimate of drug-likeness (QED) is 0.625. The number of ketones is 1. The molecule has 1 aromatic carbocycles. The number of halogens is 1. The van der Waals surface area contributed by atoms with E-state index in [0.717, 1.165) is 5.56 Å². The first-order valence-electron chi connectivity index (χ1n) is 3.78. The highest BCUT2D eigenvalue weighted by Crippen LogP contribution is 2.17. The molecule has 0 fully saturated rings. The van der Waals surface area contributed by atoms with E-state index in [1.165, 1.54) is 12.1 Å². The maximum atomic E-state index is 11.0. The standard InChI is InChI=1S/C9H10BrNO2/c10-5-9(13)3-6-1-7(11)4-8(12)2-6/h1-2,4,12H,3,5,11H2. The van der Waals surface area contributed by atoms with Crippen molar-refractivity contribution in [1.82, 2.24) is 0 Å². The van der Waals surface area contributed by atoms with E-state index in [4.69, 9.17) is 5.73 Å². The average Bonchev–Trinajstić information content (AvgIpc) is 2.02. The van der Waals surface area contributed by atoms with Gasteiger partial charge in [-0.05, 0) is 17.7 Å². The summed E-state index contributed by atoms with van der Waals surface area (Å²) in [7, 11) is 0. The third-order valence-corrected chi connectivity index (χ3v) is 2.18. The van der Waals surface area contributed by atoms with Crippen molar-refractivity contribution in [1.29, 1.82) is 0 Å². The number of anilines is 1. The van der Waals surface area contributed by atoms with Crippen LogP contribution >= 0.6 is 15.9 Å². The molecule has 0 heterocycles. The molecule has 0 unspecified atom stereocenters. The third-order valence-electron chi connectivity index (χ3n) is 1.55. The zero-order valence-corrected chi connectivity index (χ0v) is 8.54. The topological polar surface area (TPSA) is 63.3 Å². The van der Waals surface area contributed by atoms with Crippen molar-refractivity contribution in [3.05, 3.63) is 23.8 Å². The van der Waals surface area contributed by atoms with Crippen molar-refractivity contribution in [3.63, 3.8) is 0 Å². The van der Waals surface area contributed by atoms with Crippen LogP contribution in [0.4, 0.5) is 5.69 Å². The van der Waals surface area contributed by atoms with Gasteiger partial charge >= 0.3 is 0 Å². The van der Waals surface area contributed by atoms with Crippen LogP contribution in [0.3, 0.4) is 0 Å². The van der Waals surface area contributed by atoms with E-state index in [1.807, 2.05) is 0 Å². The molecule has 0 radical (unpaired) electrons. The molecular weight excluding hydrogens is 234 g/mol. The molecule has 13 heavy (non-hydrogen) atoms. The Hall–Kier alpha value is -1.03. The molecule has 0 aliphatic rings. The van der Waals surface area contributed by atoms with Crippen molar-refractivity contribution < 1.29 is 9.90 Å². The summed E-state index contributed by atoms with van der Waals surface area (Å²) >= 11 is 3.07. The molecule has 0 aromatic heterocycles. The molecule has 4 heteroatoms. The van der Waals surface area contributed by atoms with Crippen LogP contribution in [0.2, 0.25) is 0 Å². The molecule has 0 saturated heterocycles. The smallest absolute Gasteiger partial charge is 0.147 e. The van der Waals surface area contributed by atoms with Crippen LogP contribution in [0.15, 0.2) is 18.2 Å². The van der Waals surface area contributed by atoms with Gasteiger partial charge < -0.3 is 10.8 Å². The molecule has 70 valence electrons. The lowest BCUT2D eigenvalue weighted by atomic mass is 10.1. The highest BCUT2D eigenvalue weighted by atomic mass is 79.9. The SMILES string of the molecule is Nc1cc(O)cc(CC(=O)CBr)c1. The number of benzene rings is 1. The Morgan fingerprint density at radius 1 is 1.46 bits per heavy atom. The summed E-state index contributed by atoms with van der Waals surface area (Å²) in [6.45, 7) is 0. The molecule has 0 aliphatic carbocycles. The van der Waals surface area contributed by atoms with Gasteiger partial charge in [0.1, 0.15) is 11.5 Å². The number of nitrogens with two attached hydrogens (primary N) is 1. The highest BCUT2D eigenvalue weighted by molar-refractivity contribution is 9.09. The maximum Gasteiger partial charge on any atom is 0.147 e. The van der Waals surface area contributed by atoms with Crippen LogP contribution in [-0.4, -0.2) is 16.2 Å². The van der Waals surface area contributed by atoms with Crippen LogP contribution in [0.25, 0.3) is 0 Å². The number of phenols is 1. The van der Waals surface area contributed by atoms with Crippen LogP contribution in [0.1, 0.15) is 5.56 Å². The number of nitrogen functional groups attached to an aromatic ring is 1. The Bertz CT molecular complexity index is 305. The minimum Gasteiger partial charge on any atom is -0.508 e. The number of rotatable bonds is 3. The molecular formula is C9H10BrNO2. The Balaban J connectivity index is 2.83. The molecule has 3 nitrogen and oxygen atoms in total. The van der Waals surface area contributed by atoms with Gasteiger partial charge in [0, 0.05) is 18.2 Å². The van der Waals surface area contributed by atoms with E-state index in [-0.39, 0.29) is 11.5 Å². The monoisotopic (exact) mass is 243 g/mol. The third kappa shape index (κ3) is 3.06. The van der Waals surface area contributed by atoms with Gasteiger partial charge in [0.2, 0.25) is 0 Å². The highest BCUT2D eigenvalue weighted by Gasteiger charge is 2.03. The van der Waals surface area contributed by atoms with E-state index in [2.05, 4.69) is 15.9 Å². The molecule has 1 rings (SSSR count). The minimum absolute atomic E-state index is 0.0602. The van der Waals surface area contributed by atoms with Gasteiger partial charge in [-0.15, -0.1) is 0 Å². The second-order valence-corrected chi connectivity index (χ2v) is 3.34. The number of hydrogen-bond donors (Lipinski definition) is 2. The first-order chi connectivity index (χ1) is 6.11. The molecule has 0 saturated carbocycles. The van der Waals surface area contributed by atoms with Crippen molar-refractivity contribution in [2.24, 2.45) is 0 Å². The van der Waals surface area contributed by atoms with Crippen molar-refractivity contribution in [2.45, 2.75) is 6.42 Å². The van der Waals surface area contributed by atoms with Crippen molar-refractivity contribution in [2.75, 3.05) is 11.1 Å². The molecule has 0 aliphatic heterocycles. The van der Waals surface area contributed by atoms with Gasteiger partial charge in [0.15, 0.2) is 0 Å². The summed E-state index contributed by atoms with van der Waals surface area (Å²) in [5, 5.41) is 9.50. The van der Waals surface area contributed by atoms with E-state index in [1.54, 1.807) is 6.07 Å². The van der Waals surface area contributed by atoms with Gasteiger partial charge in [0.25, 0.3) is 0 Å². The van der Waals surface area contributed by atoms with Crippen LogP contribution in [-0.2, 0) is 11.2 Å². The Morgan fingerprint density at radius 2 is 2.15 bits per heavy atom. The summed E-state index contributed by atoms with van der Waals surface area (Å²) in [6.07, 6.45) is 0.295. The Kier molecular flexibility index (Phi) is 3.31. The number of aromatic hydroxyl groups is 1. The average molecular weight is 244 g/mol. The first kappa shape index (κ1) is 10.1. The van der Waals surface area contributed by atoms with Crippen LogP contribution in [0, 0.1) is 0 Å². The lowest BCUT2D eigenvalue weighted by Gasteiger charge is -2.01. The second kappa shape index (κ2) is 4.28. The summed E-state index contributed by atoms with van der Waals surface area (Å²) in [4.78, 5) is 11.0. The van der Waals surface area contributed by atoms with Crippen molar-refractivity contribution in [3.8, 4) is 5.75 Å². The number of Topliss-reactive ketones (excluding diaryl/α,β-unsaturated/α-hetero) is 1. The summed E-state index contributed by atoms with van der Waals surface area (Å²) in [5.41, 5.74) is 6.70. The summed E-state index contributed by atoms with van der Waals surface area (Å²) in [5.74, 6) is 0.155. The predicted molar refractivity (Wildman–Crippen MR) is 55.0 cm³/mol. The van der Waals surface area contributed by atoms with Crippen LogP contribution < -0.4 is 5.73 Å². The fourth-order valence-corrected chi connectivity index (χ4v) is 1.28. The lowest BCUT2D eigenvalue weighted by molar-refractivity contribution is -0.115. The molecule has 3 N–H and O–H groups in total. The van der Waals surface area contributed by atoms with Crippen LogP contribution in [0.5, 0.6) is 5.75 Å². The maximum absolute atomic E-state index is 11.0. The molecule has 0 bridgehead atoms. The fraction of sp³-hybridized carbons (Fsp3) is 0.222. The van der Waals surface area contributed by atoms with E-state index >= 15 is 0 Å². The second-order valence-electron chi connectivity index (χ2n) is 2.78. The zero-order valence-electron chi connectivity index (χ0n) is 6.96. The lowest BCUT2D eigenvalue weighted by Crippen LogP contribution is -2.03. The first-order valence-corrected chi connectivity index (χ1v) is 4.90. The van der Waals surface area contributed by atoms with E-state index in [0.29, 0.717) is 17.4 Å². The molecule has 0 amide bonds. The van der Waals surface area contributed by atoms with Gasteiger partial charge in [-0.25, -0.2) is 0 Å². The zero-order chi connectivity index (χ0) is 9.84. The number of carbonyl (C=O) groups is 1. The Morgan fingerprint density at radius 3 is 2.69 bits per heavy atom.